The lowest BCUT2D eigenvalue weighted by Crippen LogP contribution is -2.80. The Hall–Kier alpha value is -6.16. The Balaban J connectivity index is 1.02. The van der Waals surface area contributed by atoms with Gasteiger partial charge in [-0.05, 0) is 127 Å². The lowest BCUT2D eigenvalue weighted by molar-refractivity contribution is -0.340. The topological polar surface area (TPSA) is 272 Å². The fraction of sp³-hybridized carbons (Fsp3) is 0.382. The Labute approximate surface area is 437 Å². The van der Waals surface area contributed by atoms with Crippen LogP contribution in [-0.2, 0) is 36.7 Å². The number of carbonyl (C=O) groups is 3. The third-order valence-corrected chi connectivity index (χ3v) is 16.2. The number of benzene rings is 4. The number of aryl methyl sites for hydroxylation is 1. The molecule has 8 rings (SSSR count). The van der Waals surface area contributed by atoms with Crippen molar-refractivity contribution < 1.29 is 64.0 Å². The summed E-state index contributed by atoms with van der Waals surface area (Å²) in [6.07, 6.45) is 4.18. The SMILES string of the molecule is C[C@H](C/C=C/c1ccccc1CCCNCCc1ccc(O)cc1)[C@H]1CNC[C@]2(O)[C@H](Oc3ccc4c(c3)OC(C(N)=O)C(c3ccc(O)cc3)=C4O)O[C@H](C(=O)O)[C@@H](O)[C@]2(C=O)OCSSC[C@H]1C1=CCN=C1. The number of primary amides is 1. The van der Waals surface area contributed by atoms with Gasteiger partial charge >= 0.3 is 5.97 Å². The number of phenols is 2. The van der Waals surface area contributed by atoms with Gasteiger partial charge in [-0.25, -0.2) is 4.79 Å². The molecule has 2 saturated heterocycles. The number of rotatable bonds is 18. The average Bonchev–Trinajstić information content (AvgIpc) is 3.93. The Bertz CT molecular complexity index is 2760. The molecule has 10 N–H and O–H groups in total. The summed E-state index contributed by atoms with van der Waals surface area (Å²) < 4.78 is 24.3. The fourth-order valence-electron chi connectivity index (χ4n) is 9.98. The number of nitrogens with one attached hydrogen (secondary N) is 2. The number of ether oxygens (including phenoxy) is 4. The fourth-order valence-corrected chi connectivity index (χ4v) is 12.1. The molecular formula is C55H62N4O13S2. The van der Waals surface area contributed by atoms with Crippen molar-refractivity contribution in [3.63, 3.8) is 0 Å². The van der Waals surface area contributed by atoms with Crippen molar-refractivity contribution in [3.05, 3.63) is 137 Å². The molecule has 4 aliphatic heterocycles. The summed E-state index contributed by atoms with van der Waals surface area (Å²) in [6, 6.07) is 25.4. The second-order valence-corrected chi connectivity index (χ2v) is 21.3. The van der Waals surface area contributed by atoms with Gasteiger partial charge in [0.25, 0.3) is 5.91 Å². The maximum atomic E-state index is 13.5. The van der Waals surface area contributed by atoms with Gasteiger partial charge in [0.2, 0.25) is 12.4 Å². The van der Waals surface area contributed by atoms with Gasteiger partial charge in [0, 0.05) is 24.6 Å². The minimum Gasteiger partial charge on any atom is -0.508 e. The summed E-state index contributed by atoms with van der Waals surface area (Å²) >= 11 is 0. The van der Waals surface area contributed by atoms with Gasteiger partial charge in [0.1, 0.15) is 40.8 Å². The van der Waals surface area contributed by atoms with Crippen molar-refractivity contribution in [3.8, 4) is 23.0 Å². The van der Waals surface area contributed by atoms with Crippen LogP contribution in [0.15, 0.2) is 114 Å². The van der Waals surface area contributed by atoms with E-state index >= 15 is 0 Å². The highest BCUT2D eigenvalue weighted by molar-refractivity contribution is 8.76. The number of phenolic OH excluding ortho intramolecular Hbond substituents is 2. The molecule has 0 aliphatic carbocycles. The summed E-state index contributed by atoms with van der Waals surface area (Å²) in [4.78, 5) is 43.5. The van der Waals surface area contributed by atoms with E-state index in [1.54, 1.807) is 12.1 Å². The van der Waals surface area contributed by atoms with Gasteiger partial charge in [-0.3, -0.25) is 14.6 Å². The Morgan fingerprint density at radius 2 is 1.76 bits per heavy atom. The van der Waals surface area contributed by atoms with Crippen LogP contribution in [0, 0.1) is 17.8 Å². The Kier molecular flexibility index (Phi) is 17.9. The van der Waals surface area contributed by atoms with E-state index in [9.17, 15) is 45.0 Å². The summed E-state index contributed by atoms with van der Waals surface area (Å²) in [7, 11) is 2.72. The van der Waals surface area contributed by atoms with Gasteiger partial charge in [0.05, 0.1) is 17.7 Å². The van der Waals surface area contributed by atoms with Gasteiger partial charge < -0.3 is 66.0 Å². The molecule has 4 heterocycles. The summed E-state index contributed by atoms with van der Waals surface area (Å²) in [5.41, 5.74) is 5.68. The van der Waals surface area contributed by atoms with E-state index in [1.807, 2.05) is 24.4 Å². The number of hydrogen-bond acceptors (Lipinski definition) is 17. The van der Waals surface area contributed by atoms with E-state index in [-0.39, 0.29) is 76.4 Å². The second-order valence-electron chi connectivity index (χ2n) is 18.8. The molecule has 2 fully saturated rings. The number of carbonyl (C=O) groups excluding carboxylic acids is 2. The molecule has 1 unspecified atom stereocenters. The molecule has 19 heteroatoms. The maximum Gasteiger partial charge on any atom is 0.335 e. The van der Waals surface area contributed by atoms with E-state index in [2.05, 4.69) is 59.0 Å². The van der Waals surface area contributed by atoms with Crippen LogP contribution in [0.4, 0.5) is 0 Å². The molecule has 0 radical (unpaired) electrons. The zero-order valence-electron chi connectivity index (χ0n) is 40.7. The van der Waals surface area contributed by atoms with Crippen molar-refractivity contribution in [1.82, 2.24) is 10.6 Å². The highest BCUT2D eigenvalue weighted by Gasteiger charge is 2.69. The molecule has 0 saturated carbocycles. The first-order valence-electron chi connectivity index (χ1n) is 24.5. The molecule has 4 aromatic carbocycles. The van der Waals surface area contributed by atoms with Crippen molar-refractivity contribution >= 4 is 63.4 Å². The molecule has 0 spiro atoms. The molecule has 0 bridgehead atoms. The van der Waals surface area contributed by atoms with Crippen molar-refractivity contribution in [2.75, 3.05) is 44.4 Å². The molecule has 9 atom stereocenters. The number of fused-ring (bicyclic) bond motifs is 2. The van der Waals surface area contributed by atoms with Crippen LogP contribution in [0.25, 0.3) is 17.4 Å². The van der Waals surface area contributed by atoms with Crippen LogP contribution in [0.1, 0.15) is 47.6 Å². The number of nitrogens with zero attached hydrogens (tertiary/aromatic N) is 1. The number of hydrogen-bond donors (Lipinski definition) is 9. The van der Waals surface area contributed by atoms with Crippen molar-refractivity contribution in [1.29, 1.82) is 0 Å². The third kappa shape index (κ3) is 12.0. The lowest BCUT2D eigenvalue weighted by atomic mass is 9.73. The number of aliphatic imine (C=N–C) groups is 1. The summed E-state index contributed by atoms with van der Waals surface area (Å²) in [6.45, 7) is 4.22. The lowest BCUT2D eigenvalue weighted by Gasteiger charge is -2.53. The number of carboxylic acid groups (broad SMARTS) is 1. The van der Waals surface area contributed by atoms with Gasteiger partial charge in [-0.1, -0.05) is 95.3 Å². The Morgan fingerprint density at radius 1 is 1.00 bits per heavy atom. The number of β-amino-alcohol motifs (C(OH)–C–C–N with tert-alkyl or cyclic N) is 1. The minimum atomic E-state index is -2.61. The number of aliphatic carboxylic acids is 1. The van der Waals surface area contributed by atoms with E-state index in [0.717, 1.165) is 49.1 Å². The highest BCUT2D eigenvalue weighted by Crippen LogP contribution is 2.46. The standard InChI is InChI=1S/C55H62N4O13S2/c1-33(6-4-9-35-7-2-3-8-36(35)10-5-23-57-24-21-34-11-15-39(61)16-12-34)43-28-59-30-54(68)53(72-49(52(66)67)50(64)55(54,31-60)69-32-74-73-29-44(43)38-22-25-58-27-38)70-41-19-20-42-45(26-41)71-48(51(56)65)46(47(42)63)37-13-17-40(62)18-14-37/h2-4,7-9,11-20,22,26-27,31,33,43-44,48-50,53,57,59,61-64,68H,5-6,10,21,23-25,28-30,32H2,1H3,(H2,56,65)(H,66,67)/b9-4+/t33-,43-,44+,48?,49+,50-,53-,54+,55+/m1/s1. The first kappa shape index (κ1) is 54.1. The number of aliphatic hydroxyl groups excluding tert-OH is 2. The molecular weight excluding hydrogens is 989 g/mol. The zero-order valence-corrected chi connectivity index (χ0v) is 42.4. The number of aldehydes is 1. The van der Waals surface area contributed by atoms with Crippen LogP contribution in [-0.4, -0.2) is 135 Å². The van der Waals surface area contributed by atoms with Gasteiger partial charge in [-0.15, -0.1) is 0 Å². The molecule has 4 aliphatic rings. The predicted octanol–water partition coefficient (Wildman–Crippen LogP) is 5.69. The number of amides is 1. The smallest absolute Gasteiger partial charge is 0.335 e. The molecule has 4 aromatic rings. The number of aromatic hydroxyl groups is 2. The van der Waals surface area contributed by atoms with Crippen LogP contribution >= 0.6 is 21.6 Å². The van der Waals surface area contributed by atoms with E-state index in [0.29, 0.717) is 24.3 Å². The van der Waals surface area contributed by atoms with Crippen LogP contribution in [0.5, 0.6) is 23.0 Å². The monoisotopic (exact) mass is 1050 g/mol. The molecule has 392 valence electrons. The van der Waals surface area contributed by atoms with Crippen molar-refractivity contribution in [2.24, 2.45) is 28.5 Å². The minimum absolute atomic E-state index is 0.00949. The quantitative estimate of drug-likeness (QED) is 0.0329. The molecule has 0 aromatic heterocycles. The number of carboxylic acids is 1. The Morgan fingerprint density at radius 3 is 2.47 bits per heavy atom. The second kappa shape index (κ2) is 24.5. The largest absolute Gasteiger partial charge is 0.508 e. The number of aliphatic hydroxyl groups is 3. The molecule has 1 amide bonds. The van der Waals surface area contributed by atoms with Crippen LogP contribution in [0.2, 0.25) is 0 Å². The number of allylic oxidation sites excluding steroid dienone is 2. The zero-order chi connectivity index (χ0) is 52.4. The summed E-state index contributed by atoms with van der Waals surface area (Å²) in [5.74, 6) is -2.55. The predicted molar refractivity (Wildman–Crippen MR) is 284 cm³/mol. The van der Waals surface area contributed by atoms with Gasteiger partial charge in [0.15, 0.2) is 23.6 Å². The normalized spacial score (nSPS) is 26.7. The highest BCUT2D eigenvalue weighted by atomic mass is 33.1. The molecule has 74 heavy (non-hydrogen) atoms. The van der Waals surface area contributed by atoms with E-state index in [4.69, 9.17) is 24.7 Å². The van der Waals surface area contributed by atoms with Crippen LogP contribution < -0.4 is 25.8 Å². The maximum absolute atomic E-state index is 13.5. The number of nitrogens with two attached hydrogens (primary N) is 1. The summed E-state index contributed by atoms with van der Waals surface area (Å²) in [5, 5.41) is 72.9. The average molecular weight is 1050 g/mol. The van der Waals surface area contributed by atoms with E-state index in [1.165, 1.54) is 69.6 Å². The third-order valence-electron chi connectivity index (χ3n) is 14.1. The first-order valence-corrected chi connectivity index (χ1v) is 27.0. The molecule has 17 nitrogen and oxygen atoms in total. The first-order chi connectivity index (χ1) is 35.7. The van der Waals surface area contributed by atoms with Crippen LogP contribution in [0.3, 0.4) is 0 Å². The van der Waals surface area contributed by atoms with Crippen molar-refractivity contribution in [2.45, 2.75) is 68.4 Å². The van der Waals surface area contributed by atoms with Gasteiger partial charge in [-0.2, -0.15) is 0 Å². The van der Waals surface area contributed by atoms with E-state index < -0.39 is 54.2 Å².